The summed E-state index contributed by atoms with van der Waals surface area (Å²) in [6.45, 7) is 8.12. The van der Waals surface area contributed by atoms with Crippen molar-refractivity contribution >= 4 is 17.2 Å². The predicted octanol–water partition coefficient (Wildman–Crippen LogP) is 7.08. The van der Waals surface area contributed by atoms with Gasteiger partial charge in [-0.15, -0.1) is 0 Å². The Morgan fingerprint density at radius 3 is 2.33 bits per heavy atom. The standard InChI is InChI=1S/C30H32N2O/c1-4-25(21-28(5-2)31-23(3)26-15-10-7-11-16-26)27-17-12-18-29(22-27)32-30(33)20-19-24-13-8-6-9-14-24/h4-18,21-23,31H,2,19-20H2,1,3H3,(H,32,33)/b25-4+,28-21+/t23-/m0/s1. The van der Waals surface area contributed by atoms with Gasteiger partial charge in [0.15, 0.2) is 0 Å². The van der Waals surface area contributed by atoms with Crippen molar-refractivity contribution in [3.63, 3.8) is 0 Å². The lowest BCUT2D eigenvalue weighted by Gasteiger charge is -2.17. The lowest BCUT2D eigenvalue weighted by Crippen LogP contribution is -2.17. The van der Waals surface area contributed by atoms with Crippen LogP contribution in [-0.2, 0) is 11.2 Å². The minimum atomic E-state index is 0.0127. The quantitative estimate of drug-likeness (QED) is 0.333. The van der Waals surface area contributed by atoms with E-state index >= 15 is 0 Å². The predicted molar refractivity (Wildman–Crippen MR) is 140 cm³/mol. The maximum atomic E-state index is 12.5. The third-order valence-corrected chi connectivity index (χ3v) is 5.49. The Morgan fingerprint density at radius 2 is 1.67 bits per heavy atom. The van der Waals surface area contributed by atoms with E-state index in [1.807, 2.05) is 85.8 Å². The van der Waals surface area contributed by atoms with Crippen LogP contribution in [0.1, 0.15) is 43.0 Å². The van der Waals surface area contributed by atoms with Crippen LogP contribution in [0.25, 0.3) is 5.57 Å². The molecule has 0 aliphatic heterocycles. The first-order valence-electron chi connectivity index (χ1n) is 11.3. The highest BCUT2D eigenvalue weighted by molar-refractivity contribution is 5.91. The number of rotatable bonds is 10. The van der Waals surface area contributed by atoms with Crippen molar-refractivity contribution in [1.29, 1.82) is 0 Å². The van der Waals surface area contributed by atoms with Crippen LogP contribution in [0.4, 0.5) is 5.69 Å². The number of aryl methyl sites for hydroxylation is 1. The molecule has 0 bridgehead atoms. The number of hydrogen-bond acceptors (Lipinski definition) is 2. The highest BCUT2D eigenvalue weighted by atomic mass is 16.1. The van der Waals surface area contributed by atoms with Gasteiger partial charge < -0.3 is 10.6 Å². The summed E-state index contributed by atoms with van der Waals surface area (Å²) in [4.78, 5) is 12.5. The minimum absolute atomic E-state index is 0.0127. The van der Waals surface area contributed by atoms with E-state index in [-0.39, 0.29) is 11.9 Å². The van der Waals surface area contributed by atoms with Gasteiger partial charge in [0.25, 0.3) is 0 Å². The average molecular weight is 437 g/mol. The first kappa shape index (κ1) is 23.8. The first-order chi connectivity index (χ1) is 16.1. The van der Waals surface area contributed by atoms with Gasteiger partial charge >= 0.3 is 0 Å². The number of benzene rings is 3. The SMILES string of the molecule is C=C/C(=C\C(=C/C)c1cccc(NC(=O)CCc2ccccc2)c1)N[C@@H](C)c1ccccc1. The number of allylic oxidation sites excluding steroid dienone is 4. The zero-order valence-corrected chi connectivity index (χ0v) is 19.4. The minimum Gasteiger partial charge on any atom is -0.379 e. The largest absolute Gasteiger partial charge is 0.379 e. The second kappa shape index (κ2) is 12.3. The summed E-state index contributed by atoms with van der Waals surface area (Å²) in [5.74, 6) is 0.0127. The molecule has 0 unspecified atom stereocenters. The van der Waals surface area contributed by atoms with Crippen LogP contribution in [0, 0.1) is 0 Å². The van der Waals surface area contributed by atoms with Crippen molar-refractivity contribution in [1.82, 2.24) is 5.32 Å². The molecule has 0 aliphatic rings. The number of nitrogens with one attached hydrogen (secondary N) is 2. The zero-order valence-electron chi connectivity index (χ0n) is 19.4. The third-order valence-electron chi connectivity index (χ3n) is 5.49. The molecule has 33 heavy (non-hydrogen) atoms. The second-order valence-electron chi connectivity index (χ2n) is 7.94. The van der Waals surface area contributed by atoms with Gasteiger partial charge in [-0.3, -0.25) is 4.79 Å². The molecular weight excluding hydrogens is 404 g/mol. The maximum absolute atomic E-state index is 12.5. The van der Waals surface area contributed by atoms with Gasteiger partial charge in [0.1, 0.15) is 0 Å². The van der Waals surface area contributed by atoms with Crippen LogP contribution in [0.5, 0.6) is 0 Å². The van der Waals surface area contributed by atoms with Gasteiger partial charge in [0, 0.05) is 23.8 Å². The van der Waals surface area contributed by atoms with Crippen molar-refractivity contribution in [2.24, 2.45) is 0 Å². The first-order valence-corrected chi connectivity index (χ1v) is 11.3. The average Bonchev–Trinajstić information content (AvgIpc) is 2.86. The number of anilines is 1. The molecule has 0 aliphatic carbocycles. The molecule has 0 spiro atoms. The lowest BCUT2D eigenvalue weighted by atomic mass is 10.0. The van der Waals surface area contributed by atoms with Crippen molar-refractivity contribution < 1.29 is 4.79 Å². The summed E-state index contributed by atoms with van der Waals surface area (Å²) >= 11 is 0. The molecular formula is C30H32N2O. The highest BCUT2D eigenvalue weighted by Crippen LogP contribution is 2.22. The topological polar surface area (TPSA) is 41.1 Å². The fraction of sp³-hybridized carbons (Fsp3) is 0.167. The smallest absolute Gasteiger partial charge is 0.224 e. The molecule has 3 nitrogen and oxygen atoms in total. The fourth-order valence-corrected chi connectivity index (χ4v) is 3.64. The Morgan fingerprint density at radius 1 is 0.970 bits per heavy atom. The lowest BCUT2D eigenvalue weighted by molar-refractivity contribution is -0.116. The van der Waals surface area contributed by atoms with Gasteiger partial charge in [-0.05, 0) is 66.8 Å². The summed E-state index contributed by atoms with van der Waals surface area (Å²) < 4.78 is 0. The molecule has 2 N–H and O–H groups in total. The molecule has 168 valence electrons. The monoisotopic (exact) mass is 436 g/mol. The Hall–Kier alpha value is -3.85. The van der Waals surface area contributed by atoms with Gasteiger partial charge in [0.2, 0.25) is 5.91 Å². The molecule has 3 aromatic rings. The van der Waals surface area contributed by atoms with E-state index in [9.17, 15) is 4.79 Å². The van der Waals surface area contributed by atoms with Crippen LogP contribution >= 0.6 is 0 Å². The van der Waals surface area contributed by atoms with Crippen LogP contribution < -0.4 is 10.6 Å². The molecule has 0 aromatic heterocycles. The number of carbonyl (C=O) groups is 1. The van der Waals surface area contributed by atoms with E-state index in [0.717, 1.165) is 34.5 Å². The van der Waals surface area contributed by atoms with Gasteiger partial charge in [-0.1, -0.05) is 85.5 Å². The van der Waals surface area contributed by atoms with Crippen LogP contribution in [0.2, 0.25) is 0 Å². The molecule has 3 aromatic carbocycles. The van der Waals surface area contributed by atoms with E-state index < -0.39 is 0 Å². The number of hydrogen-bond donors (Lipinski definition) is 2. The Kier molecular flexibility index (Phi) is 8.84. The van der Waals surface area contributed by atoms with Crippen molar-refractivity contribution in [3.05, 3.63) is 132 Å². The van der Waals surface area contributed by atoms with Gasteiger partial charge in [0.05, 0.1) is 0 Å². The van der Waals surface area contributed by atoms with Crippen molar-refractivity contribution in [2.45, 2.75) is 32.7 Å². The fourth-order valence-electron chi connectivity index (χ4n) is 3.64. The molecule has 3 heteroatoms. The summed E-state index contributed by atoms with van der Waals surface area (Å²) in [7, 11) is 0. The van der Waals surface area contributed by atoms with Gasteiger partial charge in [-0.2, -0.15) is 0 Å². The van der Waals surface area contributed by atoms with Crippen molar-refractivity contribution in [2.75, 3.05) is 5.32 Å². The maximum Gasteiger partial charge on any atom is 0.224 e. The summed E-state index contributed by atoms with van der Waals surface area (Å²) in [5.41, 5.74) is 6.20. The molecule has 3 rings (SSSR count). The Bertz CT molecular complexity index is 1110. The van der Waals surface area contributed by atoms with Crippen LogP contribution in [0.15, 0.2) is 115 Å². The zero-order chi connectivity index (χ0) is 23.5. The molecule has 1 amide bonds. The summed E-state index contributed by atoms with van der Waals surface area (Å²) in [6.07, 6.45) is 7.16. The molecule has 0 heterocycles. The van der Waals surface area contributed by atoms with E-state index in [2.05, 4.69) is 48.4 Å². The molecule has 1 atom stereocenters. The van der Waals surface area contributed by atoms with E-state index in [0.29, 0.717) is 6.42 Å². The van der Waals surface area contributed by atoms with Gasteiger partial charge in [-0.25, -0.2) is 0 Å². The summed E-state index contributed by atoms with van der Waals surface area (Å²) in [6, 6.07) is 28.5. The second-order valence-corrected chi connectivity index (χ2v) is 7.94. The number of carbonyl (C=O) groups excluding carboxylic acids is 1. The molecule has 0 radical (unpaired) electrons. The summed E-state index contributed by atoms with van der Waals surface area (Å²) in [5, 5.41) is 6.56. The van der Waals surface area contributed by atoms with E-state index in [4.69, 9.17) is 0 Å². The normalized spacial score (nSPS) is 12.7. The Labute approximate surface area is 197 Å². The number of amides is 1. The van der Waals surface area contributed by atoms with E-state index in [1.165, 1.54) is 5.56 Å². The van der Waals surface area contributed by atoms with Crippen molar-refractivity contribution in [3.8, 4) is 0 Å². The molecule has 0 saturated carbocycles. The van der Waals surface area contributed by atoms with Crippen LogP contribution in [0.3, 0.4) is 0 Å². The third kappa shape index (κ3) is 7.36. The Balaban J connectivity index is 1.67. The molecule has 0 fully saturated rings. The van der Waals surface area contributed by atoms with Crippen LogP contribution in [-0.4, -0.2) is 5.91 Å². The highest BCUT2D eigenvalue weighted by Gasteiger charge is 2.08. The molecule has 0 saturated heterocycles. The van der Waals surface area contributed by atoms with E-state index in [1.54, 1.807) is 0 Å².